The molecule has 0 amide bonds. The van der Waals surface area contributed by atoms with E-state index in [1.54, 1.807) is 0 Å². The average Bonchev–Trinajstić information content (AvgIpc) is 2.67. The summed E-state index contributed by atoms with van der Waals surface area (Å²) in [5, 5.41) is 12.0. The first-order chi connectivity index (χ1) is 6.79. The smallest absolute Gasteiger partial charge is 0.321 e. The van der Waals surface area contributed by atoms with E-state index in [2.05, 4.69) is 5.32 Å². The molecule has 1 unspecified atom stereocenters. The molecular weight excluding hydrogens is 214 g/mol. The molecule has 2 N–H and O–H groups in total. The van der Waals surface area contributed by atoms with E-state index in [0.717, 1.165) is 18.5 Å². The number of carbonyl (C=O) groups is 1. The van der Waals surface area contributed by atoms with Crippen molar-refractivity contribution in [3.05, 3.63) is 35.9 Å². The van der Waals surface area contributed by atoms with Crippen molar-refractivity contribution in [2.24, 2.45) is 0 Å². The maximum Gasteiger partial charge on any atom is 0.321 e. The second-order valence-electron chi connectivity index (χ2n) is 3.58. The Balaban J connectivity index is 0.00000112. The van der Waals surface area contributed by atoms with Gasteiger partial charge in [0.05, 0.1) is 0 Å². The van der Waals surface area contributed by atoms with Crippen LogP contribution in [-0.4, -0.2) is 23.7 Å². The van der Waals surface area contributed by atoms with Crippen LogP contribution in [0.4, 0.5) is 0 Å². The predicted molar refractivity (Wildman–Crippen MR) is 60.5 cm³/mol. The van der Waals surface area contributed by atoms with Crippen LogP contribution in [0.1, 0.15) is 17.9 Å². The Hall–Kier alpha value is -1.06. The zero-order valence-electron chi connectivity index (χ0n) is 8.22. The molecule has 0 radical (unpaired) electrons. The molecule has 0 bridgehead atoms. The summed E-state index contributed by atoms with van der Waals surface area (Å²) in [6, 6.07) is 9.42. The monoisotopic (exact) mass is 227 g/mol. The number of halogens is 1. The third-order valence-electron chi connectivity index (χ3n) is 2.72. The normalized spacial score (nSPS) is 24.5. The van der Waals surface area contributed by atoms with Crippen LogP contribution < -0.4 is 5.32 Å². The molecule has 0 aromatic heterocycles. The first-order valence-corrected chi connectivity index (χ1v) is 4.80. The highest BCUT2D eigenvalue weighted by Crippen LogP contribution is 2.27. The molecule has 1 aliphatic heterocycles. The van der Waals surface area contributed by atoms with Gasteiger partial charge in [0.15, 0.2) is 0 Å². The summed E-state index contributed by atoms with van der Waals surface area (Å²) in [4.78, 5) is 10.9. The summed E-state index contributed by atoms with van der Waals surface area (Å²) in [6.45, 7) is 0.788. The average molecular weight is 228 g/mol. The number of hydrogen-bond acceptors (Lipinski definition) is 2. The van der Waals surface area contributed by atoms with Crippen molar-refractivity contribution in [2.45, 2.75) is 18.4 Å². The molecule has 0 spiro atoms. The Morgan fingerprint density at radius 1 is 1.33 bits per heavy atom. The van der Waals surface area contributed by atoms with Gasteiger partial charge in [-0.15, -0.1) is 12.4 Å². The van der Waals surface area contributed by atoms with Gasteiger partial charge in [0.2, 0.25) is 0 Å². The second kappa shape index (κ2) is 5.14. The second-order valence-corrected chi connectivity index (χ2v) is 3.58. The molecule has 0 aliphatic carbocycles. The van der Waals surface area contributed by atoms with Gasteiger partial charge in [0.1, 0.15) is 6.04 Å². The Morgan fingerprint density at radius 3 is 2.60 bits per heavy atom. The number of rotatable bonds is 2. The highest BCUT2D eigenvalue weighted by atomic mass is 35.5. The minimum Gasteiger partial charge on any atom is -0.480 e. The van der Waals surface area contributed by atoms with Gasteiger partial charge >= 0.3 is 5.97 Å². The third-order valence-corrected chi connectivity index (χ3v) is 2.72. The highest BCUT2D eigenvalue weighted by Gasteiger charge is 2.33. The standard InChI is InChI=1S/C11H13NO2.ClH/c13-11(14)10-9(6-7-12-10)8-4-2-1-3-5-8;/h1-5,9-10,12H,6-7H2,(H,13,14);1H/t9?,10-;/m0./s1. The van der Waals surface area contributed by atoms with Gasteiger partial charge < -0.3 is 10.4 Å². The van der Waals surface area contributed by atoms with Crippen molar-refractivity contribution < 1.29 is 9.90 Å². The van der Waals surface area contributed by atoms with E-state index in [9.17, 15) is 4.79 Å². The van der Waals surface area contributed by atoms with Crippen LogP contribution >= 0.6 is 12.4 Å². The molecule has 1 saturated heterocycles. The lowest BCUT2D eigenvalue weighted by Crippen LogP contribution is -2.34. The molecule has 2 rings (SSSR count). The van der Waals surface area contributed by atoms with Crippen LogP contribution in [0.5, 0.6) is 0 Å². The minimum atomic E-state index is -0.753. The SMILES string of the molecule is Cl.O=C(O)[C@H]1NCCC1c1ccccc1. The fraction of sp³-hybridized carbons (Fsp3) is 0.364. The van der Waals surface area contributed by atoms with Crippen molar-refractivity contribution in [3.8, 4) is 0 Å². The first kappa shape index (κ1) is 12.0. The molecule has 1 aromatic rings. The van der Waals surface area contributed by atoms with E-state index in [4.69, 9.17) is 5.11 Å². The Morgan fingerprint density at radius 2 is 2.00 bits per heavy atom. The molecule has 82 valence electrons. The lowest BCUT2D eigenvalue weighted by molar-refractivity contribution is -0.139. The van der Waals surface area contributed by atoms with E-state index >= 15 is 0 Å². The van der Waals surface area contributed by atoms with Crippen molar-refractivity contribution in [2.75, 3.05) is 6.54 Å². The minimum absolute atomic E-state index is 0. The summed E-state index contributed by atoms with van der Waals surface area (Å²) in [5.74, 6) is -0.634. The zero-order valence-corrected chi connectivity index (χ0v) is 9.04. The number of aliphatic carboxylic acids is 1. The van der Waals surface area contributed by atoms with E-state index in [1.165, 1.54) is 0 Å². The zero-order chi connectivity index (χ0) is 9.97. The summed E-state index contributed by atoms with van der Waals surface area (Å²) in [6.07, 6.45) is 0.904. The number of hydrogen-bond donors (Lipinski definition) is 2. The summed E-state index contributed by atoms with van der Waals surface area (Å²) in [7, 11) is 0. The largest absolute Gasteiger partial charge is 0.480 e. The van der Waals surface area contributed by atoms with E-state index < -0.39 is 12.0 Å². The molecule has 3 nitrogen and oxygen atoms in total. The number of carboxylic acids is 1. The molecule has 1 fully saturated rings. The van der Waals surface area contributed by atoms with Crippen molar-refractivity contribution >= 4 is 18.4 Å². The van der Waals surface area contributed by atoms with Gasteiger partial charge in [0, 0.05) is 5.92 Å². The quantitative estimate of drug-likeness (QED) is 0.808. The van der Waals surface area contributed by atoms with Gasteiger partial charge in [-0.2, -0.15) is 0 Å². The fourth-order valence-corrected chi connectivity index (χ4v) is 2.02. The van der Waals surface area contributed by atoms with Gasteiger partial charge in [-0.05, 0) is 18.5 Å². The number of nitrogens with one attached hydrogen (secondary N) is 1. The van der Waals surface area contributed by atoms with Crippen molar-refractivity contribution in [3.63, 3.8) is 0 Å². The van der Waals surface area contributed by atoms with Gasteiger partial charge in [-0.25, -0.2) is 0 Å². The summed E-state index contributed by atoms with van der Waals surface area (Å²) < 4.78 is 0. The Labute approximate surface area is 94.9 Å². The van der Waals surface area contributed by atoms with Gasteiger partial charge in [-0.3, -0.25) is 4.79 Å². The van der Waals surface area contributed by atoms with Crippen molar-refractivity contribution in [1.29, 1.82) is 0 Å². The van der Waals surface area contributed by atoms with Crippen LogP contribution in [0.2, 0.25) is 0 Å². The van der Waals surface area contributed by atoms with Crippen molar-refractivity contribution in [1.82, 2.24) is 5.32 Å². The molecule has 4 heteroatoms. The van der Waals surface area contributed by atoms with Crippen LogP contribution in [0.3, 0.4) is 0 Å². The number of carboxylic acid groups (broad SMARTS) is 1. The van der Waals surface area contributed by atoms with Crippen LogP contribution in [-0.2, 0) is 4.79 Å². The first-order valence-electron chi connectivity index (χ1n) is 4.80. The van der Waals surface area contributed by atoms with Gasteiger partial charge in [0.25, 0.3) is 0 Å². The van der Waals surface area contributed by atoms with E-state index in [1.807, 2.05) is 30.3 Å². The Bertz CT molecular complexity index is 329. The predicted octanol–water partition coefficient (Wildman–Crippen LogP) is 1.64. The molecular formula is C11H14ClNO2. The molecule has 2 atom stereocenters. The fourth-order valence-electron chi connectivity index (χ4n) is 2.02. The third kappa shape index (κ3) is 2.49. The van der Waals surface area contributed by atoms with Crippen LogP contribution in [0.25, 0.3) is 0 Å². The van der Waals surface area contributed by atoms with E-state index in [-0.39, 0.29) is 18.3 Å². The summed E-state index contributed by atoms with van der Waals surface area (Å²) in [5.41, 5.74) is 1.12. The molecule has 1 aromatic carbocycles. The summed E-state index contributed by atoms with van der Waals surface area (Å²) >= 11 is 0. The molecule has 0 saturated carbocycles. The number of benzene rings is 1. The lowest BCUT2D eigenvalue weighted by Gasteiger charge is -2.15. The molecule has 1 aliphatic rings. The maximum absolute atomic E-state index is 10.9. The van der Waals surface area contributed by atoms with E-state index in [0.29, 0.717) is 0 Å². The molecule has 1 heterocycles. The highest BCUT2D eigenvalue weighted by molar-refractivity contribution is 5.85. The molecule has 15 heavy (non-hydrogen) atoms. The topological polar surface area (TPSA) is 49.3 Å². The maximum atomic E-state index is 10.9. The van der Waals surface area contributed by atoms with Crippen LogP contribution in [0.15, 0.2) is 30.3 Å². The van der Waals surface area contributed by atoms with Crippen LogP contribution in [0, 0.1) is 0 Å². The Kier molecular flexibility index (Phi) is 4.12. The lowest BCUT2D eigenvalue weighted by atomic mass is 9.92. The van der Waals surface area contributed by atoms with Gasteiger partial charge in [-0.1, -0.05) is 30.3 Å².